The van der Waals surface area contributed by atoms with Crippen LogP contribution in [0, 0.1) is 5.41 Å². The molecular weight excluding hydrogens is 487 g/mol. The minimum absolute atomic E-state index is 0. The highest BCUT2D eigenvalue weighted by atomic mass is 127. The van der Waals surface area contributed by atoms with Crippen LogP contribution in [0.4, 0.5) is 0 Å². The number of aliphatic imine (C=N–C) groups is 1. The second kappa shape index (κ2) is 12.9. The average Bonchev–Trinajstić information content (AvgIpc) is 2.77. The summed E-state index contributed by atoms with van der Waals surface area (Å²) in [5.41, 5.74) is 3.45. The molecule has 0 aliphatic heterocycles. The molecule has 5 nitrogen and oxygen atoms in total. The first-order valence-corrected chi connectivity index (χ1v) is 10.9. The number of hydrogen-bond acceptors (Lipinski definition) is 3. The van der Waals surface area contributed by atoms with E-state index >= 15 is 0 Å². The van der Waals surface area contributed by atoms with E-state index < -0.39 is 0 Å². The van der Waals surface area contributed by atoms with Gasteiger partial charge in [0.05, 0.1) is 12.2 Å². The van der Waals surface area contributed by atoms with Crippen molar-refractivity contribution in [2.75, 3.05) is 19.7 Å². The molecule has 0 atom stereocenters. The minimum Gasteiger partial charge on any atom is -0.396 e. The summed E-state index contributed by atoms with van der Waals surface area (Å²) >= 11 is 0. The molecule has 6 heteroatoms. The lowest BCUT2D eigenvalue weighted by molar-refractivity contribution is 0.131. The molecule has 1 aliphatic rings. The second-order valence-corrected chi connectivity index (χ2v) is 8.00. The van der Waals surface area contributed by atoms with Crippen LogP contribution in [-0.2, 0) is 6.54 Å². The molecule has 2 aromatic rings. The fourth-order valence-electron chi connectivity index (χ4n) is 4.20. The summed E-state index contributed by atoms with van der Waals surface area (Å²) in [6, 6.07) is 14.4. The molecule has 164 valence electrons. The van der Waals surface area contributed by atoms with Gasteiger partial charge >= 0.3 is 0 Å². The van der Waals surface area contributed by atoms with Gasteiger partial charge in [0.2, 0.25) is 0 Å². The van der Waals surface area contributed by atoms with Crippen LogP contribution in [0.25, 0.3) is 11.3 Å². The van der Waals surface area contributed by atoms with Gasteiger partial charge in [0.25, 0.3) is 0 Å². The van der Waals surface area contributed by atoms with Crippen molar-refractivity contribution in [3.05, 3.63) is 54.2 Å². The minimum atomic E-state index is 0. The van der Waals surface area contributed by atoms with E-state index in [1.807, 2.05) is 24.4 Å². The molecule has 1 aromatic heterocycles. The van der Waals surface area contributed by atoms with Gasteiger partial charge < -0.3 is 15.7 Å². The Morgan fingerprint density at radius 2 is 1.93 bits per heavy atom. The van der Waals surface area contributed by atoms with Gasteiger partial charge in [0, 0.05) is 31.5 Å². The highest BCUT2D eigenvalue weighted by molar-refractivity contribution is 14.0. The number of hydrogen-bond donors (Lipinski definition) is 3. The molecule has 1 aliphatic carbocycles. The van der Waals surface area contributed by atoms with Gasteiger partial charge in [-0.2, -0.15) is 0 Å². The Balaban J connectivity index is 0.00000320. The van der Waals surface area contributed by atoms with Crippen molar-refractivity contribution in [1.82, 2.24) is 15.6 Å². The van der Waals surface area contributed by atoms with Crippen molar-refractivity contribution in [2.45, 2.75) is 52.0 Å². The van der Waals surface area contributed by atoms with Gasteiger partial charge in [-0.15, -0.1) is 24.0 Å². The lowest BCUT2D eigenvalue weighted by Gasteiger charge is -2.37. The van der Waals surface area contributed by atoms with Crippen molar-refractivity contribution in [3.8, 4) is 11.3 Å². The monoisotopic (exact) mass is 522 g/mol. The maximum absolute atomic E-state index is 9.55. The third-order valence-electron chi connectivity index (χ3n) is 5.84. The first-order chi connectivity index (χ1) is 14.2. The lowest BCUT2D eigenvalue weighted by atomic mass is 9.72. The maximum Gasteiger partial charge on any atom is 0.191 e. The Labute approximate surface area is 197 Å². The Hall–Kier alpha value is -1.67. The van der Waals surface area contributed by atoms with E-state index in [1.165, 1.54) is 32.1 Å². The molecular formula is C24H35IN4O. The summed E-state index contributed by atoms with van der Waals surface area (Å²) in [6.07, 6.45) is 8.89. The fourth-order valence-corrected chi connectivity index (χ4v) is 4.20. The topological polar surface area (TPSA) is 69.5 Å². The molecule has 3 rings (SSSR count). The molecule has 0 radical (unpaired) electrons. The smallest absolute Gasteiger partial charge is 0.191 e. The van der Waals surface area contributed by atoms with Crippen LogP contribution in [0.5, 0.6) is 0 Å². The number of benzene rings is 1. The van der Waals surface area contributed by atoms with Gasteiger partial charge in [-0.3, -0.25) is 4.98 Å². The zero-order chi connectivity index (χ0) is 20.4. The van der Waals surface area contributed by atoms with Crippen molar-refractivity contribution in [1.29, 1.82) is 0 Å². The average molecular weight is 522 g/mol. The van der Waals surface area contributed by atoms with Crippen LogP contribution >= 0.6 is 24.0 Å². The molecule has 0 amide bonds. The number of halogens is 1. The van der Waals surface area contributed by atoms with Crippen LogP contribution < -0.4 is 10.6 Å². The van der Waals surface area contributed by atoms with Crippen LogP contribution in [0.3, 0.4) is 0 Å². The second-order valence-electron chi connectivity index (χ2n) is 8.00. The van der Waals surface area contributed by atoms with E-state index in [0.717, 1.165) is 42.3 Å². The summed E-state index contributed by atoms with van der Waals surface area (Å²) in [7, 11) is 0. The highest BCUT2D eigenvalue weighted by Gasteiger charge is 2.31. The van der Waals surface area contributed by atoms with Gasteiger partial charge in [-0.05, 0) is 55.4 Å². The van der Waals surface area contributed by atoms with E-state index in [0.29, 0.717) is 6.54 Å². The number of rotatable bonds is 8. The van der Waals surface area contributed by atoms with E-state index in [9.17, 15) is 5.11 Å². The number of guanidine groups is 1. The van der Waals surface area contributed by atoms with E-state index in [-0.39, 0.29) is 36.0 Å². The van der Waals surface area contributed by atoms with E-state index in [1.54, 1.807) is 0 Å². The molecule has 0 bridgehead atoms. The van der Waals surface area contributed by atoms with Crippen molar-refractivity contribution >= 4 is 29.9 Å². The van der Waals surface area contributed by atoms with Crippen molar-refractivity contribution in [2.24, 2.45) is 10.4 Å². The van der Waals surface area contributed by atoms with Crippen LogP contribution in [0.15, 0.2) is 53.7 Å². The molecule has 0 unspecified atom stereocenters. The summed E-state index contributed by atoms with van der Waals surface area (Å²) in [5.74, 6) is 0.846. The molecule has 1 heterocycles. The number of aliphatic hydroxyl groups is 1. The third-order valence-corrected chi connectivity index (χ3v) is 5.84. The third kappa shape index (κ3) is 7.23. The molecule has 0 spiro atoms. The van der Waals surface area contributed by atoms with E-state index in [4.69, 9.17) is 4.99 Å². The Morgan fingerprint density at radius 3 is 2.63 bits per heavy atom. The number of nitrogens with one attached hydrogen (secondary N) is 2. The standard InChI is InChI=1S/C24H34N4O.HI/c1-2-25-23(28-19-24(14-16-29)12-5-3-6-13-24)27-18-20-9-8-10-21(17-20)22-11-4-7-15-26-22;/h4,7-11,15,17,29H,2-3,5-6,12-14,16,18-19H2,1H3,(H2,25,27,28);1H. The molecule has 1 aromatic carbocycles. The molecule has 3 N–H and O–H groups in total. The van der Waals surface area contributed by atoms with Crippen molar-refractivity contribution in [3.63, 3.8) is 0 Å². The SMILES string of the molecule is CCNC(=NCc1cccc(-c2ccccn2)c1)NCC1(CCO)CCCCC1.I. The Kier molecular flexibility index (Phi) is 10.6. The predicted molar refractivity (Wildman–Crippen MR) is 135 cm³/mol. The zero-order valence-corrected chi connectivity index (χ0v) is 20.3. The quantitative estimate of drug-likeness (QED) is 0.266. The number of aromatic nitrogens is 1. The first kappa shape index (κ1) is 24.6. The summed E-state index contributed by atoms with van der Waals surface area (Å²) in [5, 5.41) is 16.5. The first-order valence-electron chi connectivity index (χ1n) is 10.9. The Morgan fingerprint density at radius 1 is 1.10 bits per heavy atom. The Bertz CT molecular complexity index is 770. The maximum atomic E-state index is 9.55. The highest BCUT2D eigenvalue weighted by Crippen LogP contribution is 2.38. The van der Waals surface area contributed by atoms with Crippen LogP contribution in [0.2, 0.25) is 0 Å². The van der Waals surface area contributed by atoms with Crippen LogP contribution in [0.1, 0.15) is 51.0 Å². The van der Waals surface area contributed by atoms with Gasteiger partial charge in [0.1, 0.15) is 0 Å². The molecule has 30 heavy (non-hydrogen) atoms. The predicted octanol–water partition coefficient (Wildman–Crippen LogP) is 4.75. The largest absolute Gasteiger partial charge is 0.396 e. The molecule has 1 saturated carbocycles. The van der Waals surface area contributed by atoms with Gasteiger partial charge in [0.15, 0.2) is 5.96 Å². The number of nitrogens with zero attached hydrogens (tertiary/aromatic N) is 2. The normalized spacial score (nSPS) is 15.9. The summed E-state index contributed by atoms with van der Waals surface area (Å²) < 4.78 is 0. The van der Waals surface area contributed by atoms with Gasteiger partial charge in [-0.25, -0.2) is 4.99 Å². The summed E-state index contributed by atoms with van der Waals surface area (Å²) in [4.78, 5) is 9.25. The number of pyridine rings is 1. The molecule has 1 fully saturated rings. The molecule has 0 saturated heterocycles. The zero-order valence-electron chi connectivity index (χ0n) is 17.9. The van der Waals surface area contributed by atoms with Crippen molar-refractivity contribution < 1.29 is 5.11 Å². The lowest BCUT2D eigenvalue weighted by Crippen LogP contribution is -2.44. The van der Waals surface area contributed by atoms with Crippen LogP contribution in [-0.4, -0.2) is 35.7 Å². The fraction of sp³-hybridized carbons (Fsp3) is 0.500. The summed E-state index contributed by atoms with van der Waals surface area (Å²) in [6.45, 7) is 4.65. The van der Waals surface area contributed by atoms with Gasteiger partial charge in [-0.1, -0.05) is 43.5 Å². The number of aliphatic hydroxyl groups excluding tert-OH is 1. The van der Waals surface area contributed by atoms with E-state index in [2.05, 4.69) is 46.8 Å².